The molecule has 1 aliphatic rings. The number of amides is 1. The molecule has 1 amide bonds. The molecule has 1 fully saturated rings. The van der Waals surface area contributed by atoms with E-state index in [2.05, 4.69) is 57.3 Å². The molecule has 0 radical (unpaired) electrons. The number of methoxy groups -OCH3 is 1. The number of hydrogen-bond donors (Lipinski definition) is 1. The first-order chi connectivity index (χ1) is 16.1. The summed E-state index contributed by atoms with van der Waals surface area (Å²) in [4.78, 5) is 13.0. The van der Waals surface area contributed by atoms with Crippen LogP contribution in [0.15, 0.2) is 47.4 Å². The molecular weight excluding hydrogens is 452 g/mol. The van der Waals surface area contributed by atoms with Crippen molar-refractivity contribution in [3.8, 4) is 5.75 Å². The molecule has 2 aromatic carbocycles. The van der Waals surface area contributed by atoms with Crippen LogP contribution in [0.3, 0.4) is 0 Å². The lowest BCUT2D eigenvalue weighted by Gasteiger charge is -2.27. The number of carbonyl (C=O) groups is 1. The van der Waals surface area contributed by atoms with Crippen LogP contribution >= 0.6 is 0 Å². The predicted molar refractivity (Wildman–Crippen MR) is 133 cm³/mol. The minimum atomic E-state index is -3.76. The first kappa shape index (κ1) is 26.2. The van der Waals surface area contributed by atoms with E-state index >= 15 is 0 Å². The number of ether oxygens (including phenoxy) is 2. The van der Waals surface area contributed by atoms with Crippen molar-refractivity contribution in [2.75, 3.05) is 33.4 Å². The number of nitrogens with zero attached hydrogens (tertiary/aromatic N) is 1. The number of carbonyl (C=O) groups excluding carboxylic acids is 1. The molecule has 8 heteroatoms. The first-order valence-corrected chi connectivity index (χ1v) is 13.2. The molecule has 1 saturated heterocycles. The van der Waals surface area contributed by atoms with Gasteiger partial charge in [-0.2, -0.15) is 4.31 Å². The fourth-order valence-electron chi connectivity index (χ4n) is 4.09. The number of nitrogens with one attached hydrogen (secondary N) is 1. The standard InChI is InChI=1S/C26H36N2O5S/c1-18(2)21-7-9-22(10-8-21)26(19(3)4)27-25(29)17-20-6-11-23(32-5)24(16-20)34(30,31)28-12-14-33-15-13-28/h6-11,16,18-19,26H,12-15,17H2,1-5H3,(H,27,29). The topological polar surface area (TPSA) is 84.9 Å². The molecule has 1 aliphatic heterocycles. The molecule has 0 spiro atoms. The van der Waals surface area contributed by atoms with Crippen LogP contribution in [0, 0.1) is 5.92 Å². The van der Waals surface area contributed by atoms with Gasteiger partial charge in [-0.05, 0) is 40.7 Å². The lowest BCUT2D eigenvalue weighted by Crippen LogP contribution is -2.40. The summed E-state index contributed by atoms with van der Waals surface area (Å²) in [7, 11) is -2.31. The third kappa shape index (κ3) is 6.17. The van der Waals surface area contributed by atoms with Crippen LogP contribution in [0.25, 0.3) is 0 Å². The Morgan fingerprint density at radius 2 is 1.65 bits per heavy atom. The van der Waals surface area contributed by atoms with Crippen LogP contribution in [0.4, 0.5) is 0 Å². The summed E-state index contributed by atoms with van der Waals surface area (Å²) in [5.41, 5.74) is 2.92. The van der Waals surface area contributed by atoms with Crippen molar-refractivity contribution < 1.29 is 22.7 Å². The van der Waals surface area contributed by atoms with E-state index in [1.165, 1.54) is 17.0 Å². The van der Waals surface area contributed by atoms with Gasteiger partial charge in [0, 0.05) is 13.1 Å². The third-order valence-electron chi connectivity index (χ3n) is 6.13. The number of rotatable bonds is 9. The zero-order chi connectivity index (χ0) is 24.9. The minimum Gasteiger partial charge on any atom is -0.495 e. The average molecular weight is 489 g/mol. The molecule has 1 N–H and O–H groups in total. The van der Waals surface area contributed by atoms with Crippen molar-refractivity contribution in [2.45, 2.75) is 51.0 Å². The fraction of sp³-hybridized carbons (Fsp3) is 0.500. The molecule has 7 nitrogen and oxygen atoms in total. The van der Waals surface area contributed by atoms with E-state index in [9.17, 15) is 13.2 Å². The van der Waals surface area contributed by atoms with Gasteiger partial charge in [0.25, 0.3) is 0 Å². The molecule has 1 heterocycles. The van der Waals surface area contributed by atoms with Gasteiger partial charge in [-0.25, -0.2) is 8.42 Å². The van der Waals surface area contributed by atoms with Gasteiger partial charge in [-0.1, -0.05) is 58.0 Å². The molecule has 186 valence electrons. The van der Waals surface area contributed by atoms with Gasteiger partial charge in [-0.3, -0.25) is 4.79 Å². The summed E-state index contributed by atoms with van der Waals surface area (Å²) in [6.45, 7) is 9.75. The Kier molecular flexibility index (Phi) is 8.73. The predicted octanol–water partition coefficient (Wildman–Crippen LogP) is 3.90. The maximum atomic E-state index is 13.2. The highest BCUT2D eigenvalue weighted by atomic mass is 32.2. The summed E-state index contributed by atoms with van der Waals surface area (Å²) in [6.07, 6.45) is 0.0723. The van der Waals surface area contributed by atoms with E-state index in [1.54, 1.807) is 18.2 Å². The molecule has 3 rings (SSSR count). The Bertz CT molecular complexity index is 1070. The van der Waals surface area contributed by atoms with Gasteiger partial charge in [0.15, 0.2) is 0 Å². The highest BCUT2D eigenvalue weighted by Gasteiger charge is 2.30. The van der Waals surface area contributed by atoms with E-state index in [0.29, 0.717) is 37.8 Å². The van der Waals surface area contributed by atoms with E-state index in [4.69, 9.17) is 9.47 Å². The van der Waals surface area contributed by atoms with Gasteiger partial charge in [0.1, 0.15) is 10.6 Å². The zero-order valence-corrected chi connectivity index (χ0v) is 21.5. The van der Waals surface area contributed by atoms with Crippen LogP contribution in [-0.2, 0) is 26.0 Å². The molecule has 1 unspecified atom stereocenters. The van der Waals surface area contributed by atoms with Gasteiger partial charge >= 0.3 is 0 Å². The van der Waals surface area contributed by atoms with Crippen molar-refractivity contribution in [1.29, 1.82) is 0 Å². The van der Waals surface area contributed by atoms with Crippen molar-refractivity contribution in [2.24, 2.45) is 5.92 Å². The highest BCUT2D eigenvalue weighted by molar-refractivity contribution is 7.89. The third-order valence-corrected chi connectivity index (χ3v) is 8.05. The molecule has 34 heavy (non-hydrogen) atoms. The quantitative estimate of drug-likeness (QED) is 0.579. The normalized spacial score (nSPS) is 16.0. The fourth-order valence-corrected chi connectivity index (χ4v) is 5.71. The number of sulfonamides is 1. The smallest absolute Gasteiger partial charge is 0.246 e. The van der Waals surface area contributed by atoms with Crippen molar-refractivity contribution in [3.63, 3.8) is 0 Å². The zero-order valence-electron chi connectivity index (χ0n) is 20.7. The van der Waals surface area contributed by atoms with E-state index in [1.807, 2.05) is 0 Å². The van der Waals surface area contributed by atoms with Crippen molar-refractivity contribution in [1.82, 2.24) is 9.62 Å². The van der Waals surface area contributed by atoms with Gasteiger partial charge in [-0.15, -0.1) is 0 Å². The van der Waals surface area contributed by atoms with Crippen LogP contribution in [0.1, 0.15) is 56.3 Å². The van der Waals surface area contributed by atoms with E-state index in [-0.39, 0.29) is 34.9 Å². The largest absolute Gasteiger partial charge is 0.495 e. The molecule has 1 atom stereocenters. The Labute approximate surface area is 203 Å². The number of benzene rings is 2. The maximum absolute atomic E-state index is 13.2. The van der Waals surface area contributed by atoms with Gasteiger partial charge in [0.05, 0.1) is 32.8 Å². The molecular formula is C26H36N2O5S. The minimum absolute atomic E-state index is 0.0723. The summed E-state index contributed by atoms with van der Waals surface area (Å²) >= 11 is 0. The van der Waals surface area contributed by atoms with Crippen molar-refractivity contribution >= 4 is 15.9 Å². The van der Waals surface area contributed by atoms with Crippen LogP contribution in [0.2, 0.25) is 0 Å². The lowest BCUT2D eigenvalue weighted by molar-refractivity contribution is -0.121. The Morgan fingerprint density at radius 1 is 1.03 bits per heavy atom. The van der Waals surface area contributed by atoms with Crippen LogP contribution in [-0.4, -0.2) is 52.0 Å². The second-order valence-electron chi connectivity index (χ2n) is 9.29. The second-order valence-corrected chi connectivity index (χ2v) is 11.2. The number of morpholine rings is 1. The molecule has 0 aliphatic carbocycles. The van der Waals surface area contributed by atoms with Crippen LogP contribution in [0.5, 0.6) is 5.75 Å². The second kappa shape index (κ2) is 11.3. The Balaban J connectivity index is 1.78. The summed E-state index contributed by atoms with van der Waals surface area (Å²) in [6, 6.07) is 13.1. The molecule has 0 saturated carbocycles. The van der Waals surface area contributed by atoms with Crippen LogP contribution < -0.4 is 10.1 Å². The summed E-state index contributed by atoms with van der Waals surface area (Å²) < 4.78 is 38.5. The average Bonchev–Trinajstić information content (AvgIpc) is 2.83. The Hall–Kier alpha value is -2.42. The Morgan fingerprint density at radius 3 is 2.21 bits per heavy atom. The molecule has 0 aromatic heterocycles. The van der Waals surface area contributed by atoms with Crippen molar-refractivity contribution in [3.05, 3.63) is 59.2 Å². The monoisotopic (exact) mass is 488 g/mol. The van der Waals surface area contributed by atoms with Gasteiger partial charge in [0.2, 0.25) is 15.9 Å². The SMILES string of the molecule is COc1ccc(CC(=O)NC(c2ccc(C(C)C)cc2)C(C)C)cc1S(=O)(=O)N1CCOCC1. The van der Waals surface area contributed by atoms with E-state index in [0.717, 1.165) is 5.56 Å². The van der Waals surface area contributed by atoms with Gasteiger partial charge < -0.3 is 14.8 Å². The summed E-state index contributed by atoms with van der Waals surface area (Å²) in [5.74, 6) is 0.744. The maximum Gasteiger partial charge on any atom is 0.246 e. The lowest BCUT2D eigenvalue weighted by atomic mass is 9.93. The van der Waals surface area contributed by atoms with E-state index < -0.39 is 10.0 Å². The molecule has 2 aromatic rings. The highest BCUT2D eigenvalue weighted by Crippen LogP contribution is 2.29. The number of hydrogen-bond acceptors (Lipinski definition) is 5. The summed E-state index contributed by atoms with van der Waals surface area (Å²) in [5, 5.41) is 3.13. The molecule has 0 bridgehead atoms. The first-order valence-electron chi connectivity index (χ1n) is 11.8.